The summed E-state index contributed by atoms with van der Waals surface area (Å²) in [4.78, 5) is 0. The third-order valence-corrected chi connectivity index (χ3v) is 4.07. The number of aromatic nitrogens is 3. The Balaban J connectivity index is 2.23. The highest BCUT2D eigenvalue weighted by Gasteiger charge is 2.06. The van der Waals surface area contributed by atoms with Crippen LogP contribution < -0.4 is 0 Å². The minimum Gasteiger partial charge on any atom is -0.233 e. The highest BCUT2D eigenvalue weighted by atomic mass is 127. The maximum atomic E-state index is 4.02. The standard InChI is InChI=1S/C9H7BrIN3/c10-8-9(11)12-13-14(8)6-7-4-2-1-3-5-7/h1-5H,6H2. The highest BCUT2D eigenvalue weighted by Crippen LogP contribution is 2.16. The number of halogens is 2. The van der Waals surface area contributed by atoms with Crippen molar-refractivity contribution in [2.75, 3.05) is 0 Å². The van der Waals surface area contributed by atoms with Crippen molar-refractivity contribution in [1.82, 2.24) is 15.0 Å². The molecular weight excluding hydrogens is 357 g/mol. The zero-order valence-corrected chi connectivity index (χ0v) is 10.9. The fourth-order valence-corrected chi connectivity index (χ4v) is 1.79. The molecule has 14 heavy (non-hydrogen) atoms. The van der Waals surface area contributed by atoms with Gasteiger partial charge in [0, 0.05) is 0 Å². The molecule has 1 aromatic heterocycles. The van der Waals surface area contributed by atoms with Crippen LogP contribution in [0, 0.1) is 3.70 Å². The molecule has 0 fully saturated rings. The molecular formula is C9H7BrIN3. The molecule has 0 unspecified atom stereocenters. The smallest absolute Gasteiger partial charge is 0.157 e. The summed E-state index contributed by atoms with van der Waals surface area (Å²) in [6.07, 6.45) is 0. The Labute approximate surface area is 104 Å². The predicted molar refractivity (Wildman–Crippen MR) is 66.0 cm³/mol. The van der Waals surface area contributed by atoms with Crippen LogP contribution in [0.2, 0.25) is 0 Å². The summed E-state index contributed by atoms with van der Waals surface area (Å²) >= 11 is 5.58. The van der Waals surface area contributed by atoms with Crippen LogP contribution in [-0.2, 0) is 6.54 Å². The highest BCUT2D eigenvalue weighted by molar-refractivity contribution is 14.1. The van der Waals surface area contributed by atoms with Gasteiger partial charge in [0.05, 0.1) is 6.54 Å². The molecule has 0 amide bonds. The number of benzene rings is 1. The maximum Gasteiger partial charge on any atom is 0.157 e. The lowest BCUT2D eigenvalue weighted by Crippen LogP contribution is -2.01. The Kier molecular flexibility index (Phi) is 3.17. The first kappa shape index (κ1) is 10.1. The number of hydrogen-bond donors (Lipinski definition) is 0. The van der Waals surface area contributed by atoms with Gasteiger partial charge in [-0.25, -0.2) is 4.68 Å². The first-order valence-corrected chi connectivity index (χ1v) is 5.93. The summed E-state index contributed by atoms with van der Waals surface area (Å²) in [7, 11) is 0. The normalized spacial score (nSPS) is 10.4. The van der Waals surface area contributed by atoms with Crippen LogP contribution in [-0.4, -0.2) is 15.0 Å². The molecule has 2 rings (SSSR count). The van der Waals surface area contributed by atoms with Gasteiger partial charge in [-0.15, -0.1) is 5.10 Å². The summed E-state index contributed by atoms with van der Waals surface area (Å²) < 4.78 is 3.65. The van der Waals surface area contributed by atoms with Crippen LogP contribution in [0.15, 0.2) is 34.9 Å². The lowest BCUT2D eigenvalue weighted by molar-refractivity contribution is 0.638. The molecule has 3 nitrogen and oxygen atoms in total. The zero-order chi connectivity index (χ0) is 9.97. The van der Waals surface area contributed by atoms with Crippen LogP contribution in [0.4, 0.5) is 0 Å². The molecule has 0 atom stereocenters. The van der Waals surface area contributed by atoms with Crippen molar-refractivity contribution >= 4 is 38.5 Å². The van der Waals surface area contributed by atoms with Crippen molar-refractivity contribution in [3.05, 3.63) is 44.2 Å². The molecule has 0 saturated carbocycles. The fourth-order valence-electron chi connectivity index (χ4n) is 1.14. The Morgan fingerprint density at radius 2 is 2.00 bits per heavy atom. The SMILES string of the molecule is Brc1c(I)nnn1Cc1ccccc1. The van der Waals surface area contributed by atoms with Gasteiger partial charge in [-0.1, -0.05) is 35.5 Å². The maximum absolute atomic E-state index is 4.02. The van der Waals surface area contributed by atoms with Gasteiger partial charge in [-0.05, 0) is 44.1 Å². The van der Waals surface area contributed by atoms with Gasteiger partial charge in [0.15, 0.2) is 3.70 Å². The number of hydrogen-bond acceptors (Lipinski definition) is 2. The largest absolute Gasteiger partial charge is 0.233 e. The first-order valence-electron chi connectivity index (χ1n) is 4.06. The Morgan fingerprint density at radius 1 is 1.29 bits per heavy atom. The molecule has 1 aromatic carbocycles. The summed E-state index contributed by atoms with van der Waals surface area (Å²) in [5, 5.41) is 7.99. The fraction of sp³-hybridized carbons (Fsp3) is 0.111. The van der Waals surface area contributed by atoms with E-state index in [1.807, 2.05) is 22.9 Å². The van der Waals surface area contributed by atoms with Crippen molar-refractivity contribution < 1.29 is 0 Å². The van der Waals surface area contributed by atoms with E-state index in [9.17, 15) is 0 Å². The molecule has 0 aliphatic carbocycles. The molecule has 0 aliphatic heterocycles. The van der Waals surface area contributed by atoms with E-state index in [1.54, 1.807) is 0 Å². The van der Waals surface area contributed by atoms with Crippen LogP contribution in [0.1, 0.15) is 5.56 Å². The monoisotopic (exact) mass is 363 g/mol. The zero-order valence-electron chi connectivity index (χ0n) is 7.19. The number of rotatable bonds is 2. The molecule has 0 N–H and O–H groups in total. The van der Waals surface area contributed by atoms with Gasteiger partial charge in [-0.2, -0.15) is 0 Å². The third kappa shape index (κ3) is 2.14. The Hall–Kier alpha value is -0.430. The average molecular weight is 364 g/mol. The van der Waals surface area contributed by atoms with Gasteiger partial charge in [-0.3, -0.25) is 0 Å². The quantitative estimate of drug-likeness (QED) is 0.768. The van der Waals surface area contributed by atoms with E-state index >= 15 is 0 Å². The Bertz CT molecular complexity index is 427. The van der Waals surface area contributed by atoms with Crippen LogP contribution in [0.5, 0.6) is 0 Å². The number of nitrogens with zero attached hydrogens (tertiary/aromatic N) is 3. The second-order valence-corrected chi connectivity index (χ2v) is 4.59. The molecule has 0 aliphatic rings. The van der Waals surface area contributed by atoms with E-state index < -0.39 is 0 Å². The molecule has 0 spiro atoms. The van der Waals surface area contributed by atoms with Crippen LogP contribution >= 0.6 is 38.5 Å². The summed E-state index contributed by atoms with van der Waals surface area (Å²) in [5.74, 6) is 0. The van der Waals surface area contributed by atoms with Crippen LogP contribution in [0.3, 0.4) is 0 Å². The summed E-state index contributed by atoms with van der Waals surface area (Å²) in [6.45, 7) is 0.747. The van der Waals surface area contributed by atoms with E-state index in [4.69, 9.17) is 0 Å². The van der Waals surface area contributed by atoms with E-state index in [0.717, 1.165) is 14.8 Å². The van der Waals surface area contributed by atoms with Gasteiger partial charge in [0.25, 0.3) is 0 Å². The average Bonchev–Trinajstić information content (AvgIpc) is 2.52. The third-order valence-electron chi connectivity index (χ3n) is 1.81. The van der Waals surface area contributed by atoms with Crippen molar-refractivity contribution in [3.63, 3.8) is 0 Å². The van der Waals surface area contributed by atoms with Gasteiger partial charge in [0.2, 0.25) is 0 Å². The lowest BCUT2D eigenvalue weighted by atomic mass is 10.2. The van der Waals surface area contributed by atoms with Gasteiger partial charge < -0.3 is 0 Å². The van der Waals surface area contributed by atoms with Gasteiger partial charge >= 0.3 is 0 Å². The van der Waals surface area contributed by atoms with Crippen LogP contribution in [0.25, 0.3) is 0 Å². The van der Waals surface area contributed by atoms with Crippen molar-refractivity contribution in [1.29, 1.82) is 0 Å². The van der Waals surface area contributed by atoms with Crippen molar-refractivity contribution in [3.8, 4) is 0 Å². The second kappa shape index (κ2) is 4.39. The lowest BCUT2D eigenvalue weighted by Gasteiger charge is -2.01. The minimum atomic E-state index is 0.747. The van der Waals surface area contributed by atoms with Crippen molar-refractivity contribution in [2.45, 2.75) is 6.54 Å². The molecule has 1 heterocycles. The molecule has 0 radical (unpaired) electrons. The molecule has 0 bridgehead atoms. The topological polar surface area (TPSA) is 30.7 Å². The minimum absolute atomic E-state index is 0.747. The predicted octanol–water partition coefficient (Wildman–Crippen LogP) is 2.69. The second-order valence-electron chi connectivity index (χ2n) is 2.81. The van der Waals surface area contributed by atoms with E-state index in [-0.39, 0.29) is 0 Å². The van der Waals surface area contributed by atoms with Gasteiger partial charge in [0.1, 0.15) is 4.60 Å². The molecule has 5 heteroatoms. The molecule has 2 aromatic rings. The van der Waals surface area contributed by atoms with E-state index in [2.05, 4.69) is 61.0 Å². The summed E-state index contributed by atoms with van der Waals surface area (Å²) in [6, 6.07) is 10.2. The Morgan fingerprint density at radius 3 is 2.57 bits per heavy atom. The summed E-state index contributed by atoms with van der Waals surface area (Å²) in [5.41, 5.74) is 1.22. The molecule has 72 valence electrons. The molecule has 0 saturated heterocycles. The van der Waals surface area contributed by atoms with E-state index in [1.165, 1.54) is 5.56 Å². The first-order chi connectivity index (χ1) is 6.77. The van der Waals surface area contributed by atoms with E-state index in [0.29, 0.717) is 0 Å². The van der Waals surface area contributed by atoms with Crippen molar-refractivity contribution in [2.24, 2.45) is 0 Å².